The first-order chi connectivity index (χ1) is 11.2. The number of phosphoric acid groups is 1. The molecule has 1 aromatic rings. The Morgan fingerprint density at radius 1 is 1.08 bits per heavy atom. The molecule has 0 fully saturated rings. The van der Waals surface area contributed by atoms with Gasteiger partial charge in [-0.05, 0) is 47.8 Å². The summed E-state index contributed by atoms with van der Waals surface area (Å²) in [4.78, 5) is 9.65. The molecule has 0 aliphatic heterocycles. The maximum atomic E-state index is 11.8. The van der Waals surface area contributed by atoms with Gasteiger partial charge in [0.05, 0.1) is 12.7 Å². The summed E-state index contributed by atoms with van der Waals surface area (Å²) < 4.78 is 21.7. The minimum Gasteiger partial charge on any atom is -0.507 e. The standard InChI is InChI=1S/C19H33O5P/c1-9-23-25(21,22)24-13(2)10-14-11-15(18(3,4)5)17(20)16(12-14)19(6,7)8/h11-13,20H,9-10H2,1-8H3,(H,21,22). The first-order valence-electron chi connectivity index (χ1n) is 8.70. The molecular weight excluding hydrogens is 339 g/mol. The summed E-state index contributed by atoms with van der Waals surface area (Å²) in [7, 11) is -4.03. The van der Waals surface area contributed by atoms with E-state index in [0.717, 1.165) is 16.7 Å². The molecule has 6 heteroatoms. The summed E-state index contributed by atoms with van der Waals surface area (Å²) in [5, 5.41) is 10.7. The molecule has 2 unspecified atom stereocenters. The zero-order chi connectivity index (χ0) is 19.6. The van der Waals surface area contributed by atoms with Crippen LogP contribution in [0.15, 0.2) is 12.1 Å². The predicted molar refractivity (Wildman–Crippen MR) is 101 cm³/mol. The van der Waals surface area contributed by atoms with E-state index in [2.05, 4.69) is 41.5 Å². The predicted octanol–water partition coefficient (Wildman–Crippen LogP) is 5.07. The van der Waals surface area contributed by atoms with Crippen LogP contribution in [0.3, 0.4) is 0 Å². The van der Waals surface area contributed by atoms with Crippen molar-refractivity contribution in [1.29, 1.82) is 0 Å². The van der Waals surface area contributed by atoms with Crippen molar-refractivity contribution in [2.75, 3.05) is 6.61 Å². The average molecular weight is 372 g/mol. The first kappa shape index (κ1) is 22.2. The van der Waals surface area contributed by atoms with E-state index in [4.69, 9.17) is 9.05 Å². The molecule has 0 saturated heterocycles. The lowest BCUT2D eigenvalue weighted by Crippen LogP contribution is -2.19. The minimum atomic E-state index is -4.03. The highest BCUT2D eigenvalue weighted by Crippen LogP contribution is 2.45. The first-order valence-corrected chi connectivity index (χ1v) is 10.2. The Labute approximate surface area is 152 Å². The SMILES string of the molecule is CCOP(=O)(O)OC(C)Cc1cc(C(C)(C)C)c(O)c(C(C)(C)C)c1. The number of phosphoric ester groups is 1. The van der Waals surface area contributed by atoms with Gasteiger partial charge < -0.3 is 10.00 Å². The molecule has 2 atom stereocenters. The number of phenolic OH excluding ortho intramolecular Hbond substituents is 1. The molecule has 1 rings (SSSR count). The molecule has 0 heterocycles. The molecule has 0 aromatic heterocycles. The second-order valence-electron chi connectivity index (χ2n) is 8.55. The van der Waals surface area contributed by atoms with Crippen LogP contribution in [-0.2, 0) is 30.9 Å². The van der Waals surface area contributed by atoms with E-state index in [1.54, 1.807) is 13.8 Å². The van der Waals surface area contributed by atoms with Crippen LogP contribution in [0.1, 0.15) is 72.1 Å². The topological polar surface area (TPSA) is 76.0 Å². The van der Waals surface area contributed by atoms with Crippen LogP contribution in [0.25, 0.3) is 0 Å². The summed E-state index contributed by atoms with van der Waals surface area (Å²) in [6, 6.07) is 3.90. The third-order valence-electron chi connectivity index (χ3n) is 3.91. The summed E-state index contributed by atoms with van der Waals surface area (Å²) in [6.45, 7) is 15.8. The normalized spacial score (nSPS) is 16.5. The maximum absolute atomic E-state index is 11.8. The van der Waals surface area contributed by atoms with Gasteiger partial charge >= 0.3 is 7.82 Å². The molecule has 0 bridgehead atoms. The van der Waals surface area contributed by atoms with E-state index >= 15 is 0 Å². The average Bonchev–Trinajstić information content (AvgIpc) is 2.36. The van der Waals surface area contributed by atoms with Gasteiger partial charge in [-0.2, -0.15) is 0 Å². The van der Waals surface area contributed by atoms with E-state index in [0.29, 0.717) is 12.2 Å². The van der Waals surface area contributed by atoms with Crippen LogP contribution in [0.4, 0.5) is 0 Å². The van der Waals surface area contributed by atoms with E-state index < -0.39 is 13.9 Å². The van der Waals surface area contributed by atoms with Crippen LogP contribution in [0.2, 0.25) is 0 Å². The maximum Gasteiger partial charge on any atom is 0.472 e. The Morgan fingerprint density at radius 2 is 1.52 bits per heavy atom. The molecule has 1 aromatic carbocycles. The Morgan fingerprint density at radius 3 is 1.88 bits per heavy atom. The van der Waals surface area contributed by atoms with Crippen LogP contribution in [0.5, 0.6) is 5.75 Å². The number of rotatable bonds is 6. The Balaban J connectivity index is 3.22. The monoisotopic (exact) mass is 372 g/mol. The Kier molecular flexibility index (Phi) is 6.91. The fourth-order valence-corrected chi connectivity index (χ4v) is 3.66. The highest BCUT2D eigenvalue weighted by molar-refractivity contribution is 7.47. The van der Waals surface area contributed by atoms with Gasteiger partial charge in [0.15, 0.2) is 0 Å². The lowest BCUT2D eigenvalue weighted by atomic mass is 9.78. The molecule has 25 heavy (non-hydrogen) atoms. The van der Waals surface area contributed by atoms with Gasteiger partial charge in [-0.3, -0.25) is 9.05 Å². The molecule has 0 aliphatic rings. The number of hydrogen-bond donors (Lipinski definition) is 2. The highest BCUT2D eigenvalue weighted by Gasteiger charge is 2.28. The molecular formula is C19H33O5P. The summed E-state index contributed by atoms with van der Waals surface area (Å²) >= 11 is 0. The highest BCUT2D eigenvalue weighted by atomic mass is 31.2. The summed E-state index contributed by atoms with van der Waals surface area (Å²) in [5.41, 5.74) is 2.23. The van der Waals surface area contributed by atoms with Crippen molar-refractivity contribution in [3.63, 3.8) is 0 Å². The fraction of sp³-hybridized carbons (Fsp3) is 0.684. The van der Waals surface area contributed by atoms with Gasteiger partial charge in [-0.1, -0.05) is 53.7 Å². The molecule has 5 nitrogen and oxygen atoms in total. The molecule has 0 amide bonds. The van der Waals surface area contributed by atoms with E-state index in [1.165, 1.54) is 0 Å². The van der Waals surface area contributed by atoms with Crippen LogP contribution in [0, 0.1) is 0 Å². The van der Waals surface area contributed by atoms with Crippen molar-refractivity contribution in [3.05, 3.63) is 28.8 Å². The zero-order valence-electron chi connectivity index (χ0n) is 16.7. The number of phenols is 1. The van der Waals surface area contributed by atoms with E-state index in [1.807, 2.05) is 12.1 Å². The van der Waals surface area contributed by atoms with Crippen LogP contribution < -0.4 is 0 Å². The lowest BCUT2D eigenvalue weighted by Gasteiger charge is -2.28. The third-order valence-corrected chi connectivity index (χ3v) is 5.13. The lowest BCUT2D eigenvalue weighted by molar-refractivity contribution is 0.116. The number of aromatic hydroxyl groups is 1. The van der Waals surface area contributed by atoms with Gasteiger partial charge in [-0.25, -0.2) is 4.57 Å². The number of benzene rings is 1. The fourth-order valence-electron chi connectivity index (χ4n) is 2.75. The van der Waals surface area contributed by atoms with Gasteiger partial charge in [0.2, 0.25) is 0 Å². The third kappa shape index (κ3) is 6.41. The van der Waals surface area contributed by atoms with Crippen molar-refractivity contribution in [2.24, 2.45) is 0 Å². The van der Waals surface area contributed by atoms with Gasteiger partial charge in [-0.15, -0.1) is 0 Å². The summed E-state index contributed by atoms with van der Waals surface area (Å²) in [5.74, 6) is 0.319. The van der Waals surface area contributed by atoms with Crippen LogP contribution >= 0.6 is 7.82 Å². The Hall–Kier alpha value is -0.870. The van der Waals surface area contributed by atoms with Crippen molar-refractivity contribution in [2.45, 2.75) is 78.7 Å². The molecule has 0 aliphatic carbocycles. The van der Waals surface area contributed by atoms with Gasteiger partial charge in [0.25, 0.3) is 0 Å². The second kappa shape index (κ2) is 7.79. The molecule has 2 N–H and O–H groups in total. The minimum absolute atomic E-state index is 0.113. The quantitative estimate of drug-likeness (QED) is 0.682. The van der Waals surface area contributed by atoms with Crippen molar-refractivity contribution in [3.8, 4) is 5.75 Å². The molecule has 0 radical (unpaired) electrons. The molecule has 0 saturated carbocycles. The van der Waals surface area contributed by atoms with Crippen molar-refractivity contribution >= 4 is 7.82 Å². The number of hydrogen-bond acceptors (Lipinski definition) is 4. The van der Waals surface area contributed by atoms with Gasteiger partial charge in [0, 0.05) is 0 Å². The Bertz CT molecular complexity index is 605. The van der Waals surface area contributed by atoms with Crippen molar-refractivity contribution in [1.82, 2.24) is 0 Å². The smallest absolute Gasteiger partial charge is 0.472 e. The molecule has 144 valence electrons. The van der Waals surface area contributed by atoms with E-state index in [9.17, 15) is 14.6 Å². The second-order valence-corrected chi connectivity index (χ2v) is 9.95. The zero-order valence-corrected chi connectivity index (χ0v) is 17.6. The largest absolute Gasteiger partial charge is 0.507 e. The molecule has 0 spiro atoms. The van der Waals surface area contributed by atoms with Gasteiger partial charge in [0.1, 0.15) is 5.75 Å². The summed E-state index contributed by atoms with van der Waals surface area (Å²) in [6.07, 6.45) is -0.0445. The van der Waals surface area contributed by atoms with E-state index in [-0.39, 0.29) is 17.4 Å². The van der Waals surface area contributed by atoms with Crippen molar-refractivity contribution < 1.29 is 23.6 Å². The van der Waals surface area contributed by atoms with Crippen LogP contribution in [-0.4, -0.2) is 22.7 Å².